The molecule has 4 aromatic carbocycles. The van der Waals surface area contributed by atoms with Gasteiger partial charge in [0.15, 0.2) is 0 Å². The Bertz CT molecular complexity index is 1180. The van der Waals surface area contributed by atoms with Crippen LogP contribution in [0.1, 0.15) is 30.0 Å². The van der Waals surface area contributed by atoms with Crippen molar-refractivity contribution < 1.29 is 4.74 Å². The van der Waals surface area contributed by atoms with Gasteiger partial charge in [0.1, 0.15) is 12.4 Å². The van der Waals surface area contributed by atoms with Gasteiger partial charge in [0.25, 0.3) is 0 Å². The maximum atomic E-state index is 6.34. The van der Waals surface area contributed by atoms with E-state index in [1.807, 2.05) is 12.1 Å². The van der Waals surface area contributed by atoms with Crippen molar-refractivity contribution in [1.82, 2.24) is 5.32 Å². The Labute approximate surface area is 212 Å². The Morgan fingerprint density at radius 1 is 0.879 bits per heavy atom. The van der Waals surface area contributed by atoms with Gasteiger partial charge in [0.05, 0.1) is 0 Å². The van der Waals surface area contributed by atoms with Crippen molar-refractivity contribution in [2.75, 3.05) is 0 Å². The summed E-state index contributed by atoms with van der Waals surface area (Å²) in [7, 11) is 0. The van der Waals surface area contributed by atoms with Crippen molar-refractivity contribution in [3.05, 3.63) is 112 Å². The van der Waals surface area contributed by atoms with Crippen LogP contribution in [-0.4, -0.2) is 6.04 Å². The number of rotatable bonds is 9. The molecule has 0 aliphatic carbocycles. The third kappa shape index (κ3) is 6.88. The number of halogens is 3. The summed E-state index contributed by atoms with van der Waals surface area (Å²) in [5, 5.41) is 7.35. The van der Waals surface area contributed by atoms with Crippen molar-refractivity contribution in [1.29, 1.82) is 0 Å². The van der Waals surface area contributed by atoms with Crippen molar-refractivity contribution in [2.45, 2.75) is 39.0 Å². The Morgan fingerprint density at radius 2 is 1.64 bits per heavy atom. The summed E-state index contributed by atoms with van der Waals surface area (Å²) in [6.07, 6.45) is 2.13. The van der Waals surface area contributed by atoms with Gasteiger partial charge in [0, 0.05) is 33.8 Å². The van der Waals surface area contributed by atoms with Crippen LogP contribution in [0, 0.1) is 0 Å². The van der Waals surface area contributed by atoms with Crippen LogP contribution in [0.5, 0.6) is 5.75 Å². The summed E-state index contributed by atoms with van der Waals surface area (Å²) in [6.45, 7) is 3.37. The minimum Gasteiger partial charge on any atom is -0.488 e. The minimum absolute atomic E-state index is 0. The molecule has 0 saturated heterocycles. The third-order valence-corrected chi connectivity index (χ3v) is 6.32. The number of aryl methyl sites for hydroxylation is 1. The molecular weight excluding hydrogens is 473 g/mol. The van der Waals surface area contributed by atoms with Crippen molar-refractivity contribution >= 4 is 46.4 Å². The van der Waals surface area contributed by atoms with Gasteiger partial charge in [-0.2, -0.15) is 0 Å². The van der Waals surface area contributed by atoms with E-state index in [2.05, 4.69) is 79.0 Å². The Kier molecular flexibility index (Phi) is 9.46. The van der Waals surface area contributed by atoms with E-state index in [9.17, 15) is 0 Å². The molecule has 0 aromatic heterocycles. The summed E-state index contributed by atoms with van der Waals surface area (Å²) >= 11 is 12.4. The minimum atomic E-state index is 0. The highest BCUT2D eigenvalue weighted by molar-refractivity contribution is 6.35. The average molecular weight is 501 g/mol. The molecule has 0 spiro atoms. The summed E-state index contributed by atoms with van der Waals surface area (Å²) in [5.41, 5.74) is 3.45. The van der Waals surface area contributed by atoms with E-state index < -0.39 is 0 Å². The topological polar surface area (TPSA) is 21.3 Å². The van der Waals surface area contributed by atoms with Crippen molar-refractivity contribution in [3.8, 4) is 5.75 Å². The largest absolute Gasteiger partial charge is 0.488 e. The average Bonchev–Trinajstić information content (AvgIpc) is 2.81. The molecule has 4 aromatic rings. The second-order valence-electron chi connectivity index (χ2n) is 8.09. The van der Waals surface area contributed by atoms with E-state index in [1.165, 1.54) is 21.9 Å². The van der Waals surface area contributed by atoms with E-state index in [0.29, 0.717) is 22.7 Å². The van der Waals surface area contributed by atoms with Crippen LogP contribution in [-0.2, 0) is 19.6 Å². The van der Waals surface area contributed by atoms with Crippen molar-refractivity contribution in [2.24, 2.45) is 0 Å². The van der Waals surface area contributed by atoms with Gasteiger partial charge in [-0.15, -0.1) is 12.4 Å². The number of nitrogens with one attached hydrogen (secondary N) is 1. The lowest BCUT2D eigenvalue weighted by Gasteiger charge is -2.18. The molecule has 5 heteroatoms. The highest BCUT2D eigenvalue weighted by atomic mass is 35.5. The Morgan fingerprint density at radius 3 is 2.42 bits per heavy atom. The lowest BCUT2D eigenvalue weighted by Crippen LogP contribution is -2.26. The molecule has 33 heavy (non-hydrogen) atoms. The van der Waals surface area contributed by atoms with Crippen LogP contribution >= 0.6 is 35.6 Å². The first-order chi connectivity index (χ1) is 15.6. The van der Waals surface area contributed by atoms with Gasteiger partial charge in [0.2, 0.25) is 0 Å². The van der Waals surface area contributed by atoms with Gasteiger partial charge in [-0.3, -0.25) is 0 Å². The zero-order valence-electron chi connectivity index (χ0n) is 18.6. The zero-order valence-corrected chi connectivity index (χ0v) is 20.9. The first kappa shape index (κ1) is 25.4. The van der Waals surface area contributed by atoms with E-state index in [4.69, 9.17) is 27.9 Å². The molecule has 0 aliphatic heterocycles. The van der Waals surface area contributed by atoms with E-state index in [1.54, 1.807) is 6.07 Å². The van der Waals surface area contributed by atoms with Crippen LogP contribution in [0.15, 0.2) is 84.9 Å². The van der Waals surface area contributed by atoms with E-state index in [-0.39, 0.29) is 12.4 Å². The fourth-order valence-electron chi connectivity index (χ4n) is 3.83. The van der Waals surface area contributed by atoms with Gasteiger partial charge < -0.3 is 10.1 Å². The van der Waals surface area contributed by atoms with Crippen LogP contribution in [0.3, 0.4) is 0 Å². The highest BCUT2D eigenvalue weighted by Gasteiger charge is 2.12. The molecule has 0 radical (unpaired) electrons. The number of hydrogen-bond acceptors (Lipinski definition) is 2. The lowest BCUT2D eigenvalue weighted by atomic mass is 10.0. The van der Waals surface area contributed by atoms with Crippen LogP contribution < -0.4 is 10.1 Å². The molecule has 2 nitrogen and oxygen atoms in total. The molecule has 0 fully saturated rings. The van der Waals surface area contributed by atoms with Gasteiger partial charge in [-0.1, -0.05) is 89.9 Å². The molecule has 0 aliphatic rings. The second-order valence-corrected chi connectivity index (χ2v) is 8.94. The maximum Gasteiger partial charge on any atom is 0.124 e. The van der Waals surface area contributed by atoms with Crippen LogP contribution in [0.25, 0.3) is 10.8 Å². The second kappa shape index (κ2) is 12.3. The SMILES string of the molecule is CC(CCc1ccccc1)NCc1c(OCc2ccc(Cl)cc2Cl)ccc2ccccc12.Cl. The summed E-state index contributed by atoms with van der Waals surface area (Å²) in [4.78, 5) is 0. The van der Waals surface area contributed by atoms with Crippen molar-refractivity contribution in [3.63, 3.8) is 0 Å². The standard InChI is InChI=1S/C28H27Cl2NO.ClH/c1-20(11-12-21-7-3-2-4-8-21)31-18-26-25-10-6-5-9-22(25)14-16-28(26)32-19-23-13-15-24(29)17-27(23)30;/h2-10,13-17,20,31H,11-12,18-19H2,1H3;1H. The number of ether oxygens (including phenoxy) is 1. The molecule has 0 saturated carbocycles. The summed E-state index contributed by atoms with van der Waals surface area (Å²) < 4.78 is 6.25. The molecule has 1 N–H and O–H groups in total. The monoisotopic (exact) mass is 499 g/mol. The molecule has 1 unspecified atom stereocenters. The molecular formula is C28H28Cl3NO. The summed E-state index contributed by atoms with van der Waals surface area (Å²) in [5.74, 6) is 0.873. The molecule has 4 rings (SSSR count). The number of fused-ring (bicyclic) bond motifs is 1. The third-order valence-electron chi connectivity index (χ3n) is 5.73. The normalized spacial score (nSPS) is 11.7. The predicted molar refractivity (Wildman–Crippen MR) is 143 cm³/mol. The van der Waals surface area contributed by atoms with Gasteiger partial charge in [-0.25, -0.2) is 0 Å². The predicted octanol–water partition coefficient (Wildman–Crippen LogP) is 8.26. The Balaban J connectivity index is 0.00000306. The lowest BCUT2D eigenvalue weighted by molar-refractivity contribution is 0.302. The Hall–Kier alpha value is -2.23. The van der Waals surface area contributed by atoms with E-state index >= 15 is 0 Å². The summed E-state index contributed by atoms with van der Waals surface area (Å²) in [6, 6.07) is 29.1. The smallest absolute Gasteiger partial charge is 0.124 e. The first-order valence-corrected chi connectivity index (χ1v) is 11.7. The highest BCUT2D eigenvalue weighted by Crippen LogP contribution is 2.30. The van der Waals surface area contributed by atoms with Gasteiger partial charge >= 0.3 is 0 Å². The van der Waals surface area contributed by atoms with Crippen LogP contribution in [0.2, 0.25) is 10.0 Å². The first-order valence-electron chi connectivity index (χ1n) is 10.9. The molecule has 1 atom stereocenters. The zero-order chi connectivity index (χ0) is 22.3. The molecule has 0 heterocycles. The molecule has 0 amide bonds. The van der Waals surface area contributed by atoms with Gasteiger partial charge in [-0.05, 0) is 54.3 Å². The van der Waals surface area contributed by atoms with Crippen LogP contribution in [0.4, 0.5) is 0 Å². The quantitative estimate of drug-likeness (QED) is 0.250. The number of hydrogen-bond donors (Lipinski definition) is 1. The maximum absolute atomic E-state index is 6.34. The number of benzene rings is 4. The molecule has 0 bridgehead atoms. The fraction of sp³-hybridized carbons (Fsp3) is 0.214. The fourth-order valence-corrected chi connectivity index (χ4v) is 4.30. The molecule has 172 valence electrons. The van der Waals surface area contributed by atoms with E-state index in [0.717, 1.165) is 30.7 Å².